The molecule has 138 valence electrons. The number of ether oxygens (including phenoxy) is 1. The Hall–Kier alpha value is -2.83. The van der Waals surface area contributed by atoms with Crippen LogP contribution in [0, 0.1) is 13.8 Å². The van der Waals surface area contributed by atoms with Crippen molar-refractivity contribution in [2.24, 2.45) is 0 Å². The van der Waals surface area contributed by atoms with Crippen LogP contribution < -0.4 is 15.0 Å². The van der Waals surface area contributed by atoms with Crippen molar-refractivity contribution in [3.63, 3.8) is 0 Å². The highest BCUT2D eigenvalue weighted by Gasteiger charge is 2.32. The number of para-hydroxylation sites is 2. The minimum Gasteiger partial charge on any atom is -0.477 e. The van der Waals surface area contributed by atoms with Gasteiger partial charge in [0.15, 0.2) is 6.10 Å². The highest BCUT2D eigenvalue weighted by Crippen LogP contribution is 2.33. The number of carbonyl (C=O) groups excluding carboxylic acids is 2. The Morgan fingerprint density at radius 2 is 2.08 bits per heavy atom. The molecule has 1 atom stereocenters. The van der Waals surface area contributed by atoms with Gasteiger partial charge < -0.3 is 15.0 Å². The first-order valence-corrected chi connectivity index (χ1v) is 8.78. The molecule has 7 heteroatoms. The third-order valence-corrected chi connectivity index (χ3v) is 4.40. The largest absolute Gasteiger partial charge is 0.477 e. The first-order valence-electron chi connectivity index (χ1n) is 8.78. The van der Waals surface area contributed by atoms with E-state index < -0.39 is 6.10 Å². The Bertz CT molecular complexity index is 815. The van der Waals surface area contributed by atoms with E-state index in [9.17, 15) is 9.59 Å². The highest BCUT2D eigenvalue weighted by atomic mass is 16.5. The molecule has 0 aliphatic carbocycles. The molecule has 0 unspecified atom stereocenters. The summed E-state index contributed by atoms with van der Waals surface area (Å²) >= 11 is 0. The van der Waals surface area contributed by atoms with E-state index in [0.717, 1.165) is 24.4 Å². The van der Waals surface area contributed by atoms with Crippen molar-refractivity contribution in [3.8, 4) is 5.75 Å². The Labute approximate surface area is 152 Å². The predicted molar refractivity (Wildman–Crippen MR) is 98.2 cm³/mol. The van der Waals surface area contributed by atoms with Gasteiger partial charge in [-0.25, -0.2) is 0 Å². The molecule has 1 aliphatic heterocycles. The molecule has 0 spiro atoms. The third kappa shape index (κ3) is 3.87. The molecule has 0 saturated heterocycles. The van der Waals surface area contributed by atoms with Crippen LogP contribution in [0.4, 0.5) is 5.69 Å². The van der Waals surface area contributed by atoms with Gasteiger partial charge in [0.1, 0.15) is 5.75 Å². The number of hydrogen-bond donors (Lipinski definition) is 1. The van der Waals surface area contributed by atoms with Crippen molar-refractivity contribution in [2.75, 3.05) is 18.0 Å². The first kappa shape index (κ1) is 18.0. The SMILES string of the molecule is CC(=O)N1C[C@@H](C(=O)NCCCn2nc(C)cc2C)Oc2ccccc21. The quantitative estimate of drug-likeness (QED) is 0.829. The third-order valence-electron chi connectivity index (χ3n) is 4.40. The van der Waals surface area contributed by atoms with E-state index in [4.69, 9.17) is 4.74 Å². The molecule has 1 N–H and O–H groups in total. The summed E-state index contributed by atoms with van der Waals surface area (Å²) in [6.45, 7) is 6.96. The molecule has 0 saturated carbocycles. The number of carbonyl (C=O) groups is 2. The fourth-order valence-corrected chi connectivity index (χ4v) is 3.12. The second kappa shape index (κ2) is 7.59. The van der Waals surface area contributed by atoms with Gasteiger partial charge in [0.25, 0.3) is 5.91 Å². The summed E-state index contributed by atoms with van der Waals surface area (Å²) in [6.07, 6.45) is 0.0652. The average Bonchev–Trinajstić information content (AvgIpc) is 2.94. The van der Waals surface area contributed by atoms with Crippen LogP contribution in [0.1, 0.15) is 24.7 Å². The van der Waals surface area contributed by atoms with Crippen LogP contribution in [0.2, 0.25) is 0 Å². The lowest BCUT2D eigenvalue weighted by Crippen LogP contribution is -2.50. The minimum atomic E-state index is -0.706. The van der Waals surface area contributed by atoms with E-state index in [1.54, 1.807) is 11.0 Å². The second-order valence-corrected chi connectivity index (χ2v) is 6.50. The van der Waals surface area contributed by atoms with Crippen molar-refractivity contribution in [1.82, 2.24) is 15.1 Å². The summed E-state index contributed by atoms with van der Waals surface area (Å²) in [5, 5.41) is 7.30. The lowest BCUT2D eigenvalue weighted by molar-refractivity contribution is -0.128. The van der Waals surface area contributed by atoms with Gasteiger partial charge in [0, 0.05) is 25.7 Å². The molecule has 1 aromatic heterocycles. The molecule has 0 radical (unpaired) electrons. The lowest BCUT2D eigenvalue weighted by atomic mass is 10.1. The van der Waals surface area contributed by atoms with Crippen LogP contribution in [-0.4, -0.2) is 40.8 Å². The maximum atomic E-state index is 12.5. The lowest BCUT2D eigenvalue weighted by Gasteiger charge is -2.33. The van der Waals surface area contributed by atoms with E-state index in [0.29, 0.717) is 18.0 Å². The average molecular weight is 356 g/mol. The maximum Gasteiger partial charge on any atom is 0.262 e. The summed E-state index contributed by atoms with van der Waals surface area (Å²) in [7, 11) is 0. The van der Waals surface area contributed by atoms with Gasteiger partial charge in [0.2, 0.25) is 5.91 Å². The van der Waals surface area contributed by atoms with Gasteiger partial charge in [-0.2, -0.15) is 5.10 Å². The zero-order chi connectivity index (χ0) is 18.7. The number of nitrogens with one attached hydrogen (secondary N) is 1. The van der Waals surface area contributed by atoms with Crippen molar-refractivity contribution in [2.45, 2.75) is 39.8 Å². The van der Waals surface area contributed by atoms with E-state index in [-0.39, 0.29) is 18.4 Å². The zero-order valence-corrected chi connectivity index (χ0v) is 15.4. The zero-order valence-electron chi connectivity index (χ0n) is 15.4. The van der Waals surface area contributed by atoms with Gasteiger partial charge in [-0.3, -0.25) is 14.3 Å². The molecule has 0 fully saturated rings. The summed E-state index contributed by atoms with van der Waals surface area (Å²) in [5.41, 5.74) is 2.80. The summed E-state index contributed by atoms with van der Waals surface area (Å²) in [5.74, 6) is 0.235. The van der Waals surface area contributed by atoms with Crippen LogP contribution >= 0.6 is 0 Å². The molecule has 1 aromatic carbocycles. The molecule has 2 heterocycles. The normalized spacial score (nSPS) is 16.0. The van der Waals surface area contributed by atoms with Crippen LogP contribution in [-0.2, 0) is 16.1 Å². The second-order valence-electron chi connectivity index (χ2n) is 6.50. The van der Waals surface area contributed by atoms with Crippen LogP contribution in [0.25, 0.3) is 0 Å². The van der Waals surface area contributed by atoms with E-state index >= 15 is 0 Å². The molecule has 7 nitrogen and oxygen atoms in total. The number of amides is 2. The standard InChI is InChI=1S/C19H24N4O3/c1-13-11-14(2)23(21-13)10-6-9-20-19(25)18-12-22(15(3)24)16-7-4-5-8-17(16)26-18/h4-5,7-8,11,18H,6,9-10,12H2,1-3H3,(H,20,25)/t18-/m0/s1. The summed E-state index contributed by atoms with van der Waals surface area (Å²) in [4.78, 5) is 26.0. The first-order chi connectivity index (χ1) is 12.5. The number of benzene rings is 1. The molecule has 26 heavy (non-hydrogen) atoms. The molecular weight excluding hydrogens is 332 g/mol. The summed E-state index contributed by atoms with van der Waals surface area (Å²) in [6, 6.07) is 9.29. The Kier molecular flexibility index (Phi) is 5.25. The molecule has 2 aromatic rings. The van der Waals surface area contributed by atoms with Gasteiger partial charge in [-0.15, -0.1) is 0 Å². The molecule has 2 amide bonds. The van der Waals surface area contributed by atoms with Crippen molar-refractivity contribution < 1.29 is 14.3 Å². The number of aryl methyl sites for hydroxylation is 3. The number of nitrogens with zero attached hydrogens (tertiary/aromatic N) is 3. The Balaban J connectivity index is 1.55. The predicted octanol–water partition coefficient (Wildman–Crippen LogP) is 1.82. The Morgan fingerprint density at radius 3 is 2.77 bits per heavy atom. The van der Waals surface area contributed by atoms with Crippen molar-refractivity contribution in [1.29, 1.82) is 0 Å². The smallest absolute Gasteiger partial charge is 0.262 e. The highest BCUT2D eigenvalue weighted by molar-refractivity contribution is 5.95. The number of anilines is 1. The molecular formula is C19H24N4O3. The van der Waals surface area contributed by atoms with Crippen molar-refractivity contribution >= 4 is 17.5 Å². The van der Waals surface area contributed by atoms with Gasteiger partial charge >= 0.3 is 0 Å². The number of fused-ring (bicyclic) bond motifs is 1. The minimum absolute atomic E-state index is 0.108. The maximum absolute atomic E-state index is 12.5. The number of aromatic nitrogens is 2. The van der Waals surface area contributed by atoms with Crippen LogP contribution in [0.5, 0.6) is 5.75 Å². The van der Waals surface area contributed by atoms with E-state index in [1.165, 1.54) is 6.92 Å². The fraction of sp³-hybridized carbons (Fsp3) is 0.421. The van der Waals surface area contributed by atoms with Crippen LogP contribution in [0.3, 0.4) is 0 Å². The van der Waals surface area contributed by atoms with Gasteiger partial charge in [-0.05, 0) is 38.5 Å². The van der Waals surface area contributed by atoms with E-state index in [2.05, 4.69) is 10.4 Å². The fourth-order valence-electron chi connectivity index (χ4n) is 3.12. The number of rotatable bonds is 5. The van der Waals surface area contributed by atoms with Crippen molar-refractivity contribution in [3.05, 3.63) is 41.7 Å². The molecule has 1 aliphatic rings. The number of hydrogen-bond acceptors (Lipinski definition) is 4. The van der Waals surface area contributed by atoms with Gasteiger partial charge in [-0.1, -0.05) is 12.1 Å². The monoisotopic (exact) mass is 356 g/mol. The van der Waals surface area contributed by atoms with E-state index in [1.807, 2.05) is 42.8 Å². The summed E-state index contributed by atoms with van der Waals surface area (Å²) < 4.78 is 7.73. The topological polar surface area (TPSA) is 76.5 Å². The Morgan fingerprint density at radius 1 is 1.31 bits per heavy atom. The van der Waals surface area contributed by atoms with Crippen LogP contribution in [0.15, 0.2) is 30.3 Å². The molecule has 0 bridgehead atoms. The van der Waals surface area contributed by atoms with Gasteiger partial charge in [0.05, 0.1) is 17.9 Å². The molecule has 3 rings (SSSR count).